The standard InChI is InChI=1S/C21H20F2N4O2S/c1-27-12-19-15(20(27)21(28)25-14-7-9-16(22)17(23)11-14)8-10-18(26-30(19,24)29)13-5-3-2-4-6-13/h2-12,18,21,25,28H,1H3,(H2,24,26,29)/t18-,21?,30?/m0/s1. The van der Waals surface area contributed by atoms with Gasteiger partial charge in [0.15, 0.2) is 17.9 Å². The van der Waals surface area contributed by atoms with E-state index in [9.17, 15) is 18.1 Å². The Bertz CT molecular complexity index is 1220. The highest BCUT2D eigenvalue weighted by molar-refractivity contribution is 7.90. The molecule has 2 heterocycles. The van der Waals surface area contributed by atoms with Crippen molar-refractivity contribution >= 4 is 21.7 Å². The first kappa shape index (κ1) is 20.3. The van der Waals surface area contributed by atoms with Gasteiger partial charge in [-0.1, -0.05) is 42.5 Å². The van der Waals surface area contributed by atoms with Crippen LogP contribution in [0.25, 0.3) is 6.08 Å². The minimum absolute atomic E-state index is 0.181. The molecule has 0 bridgehead atoms. The molecule has 0 amide bonds. The number of benzene rings is 2. The van der Waals surface area contributed by atoms with Crippen LogP contribution in [0.5, 0.6) is 0 Å². The van der Waals surface area contributed by atoms with Crippen LogP contribution in [0.2, 0.25) is 0 Å². The molecule has 2 aromatic carbocycles. The third-order valence-corrected chi connectivity index (χ3v) is 6.46. The Morgan fingerprint density at radius 3 is 2.63 bits per heavy atom. The fourth-order valence-electron chi connectivity index (χ4n) is 3.49. The van der Waals surface area contributed by atoms with E-state index >= 15 is 0 Å². The fraction of sp³-hybridized carbons (Fsp3) is 0.143. The van der Waals surface area contributed by atoms with Crippen LogP contribution < -0.4 is 10.0 Å². The molecule has 0 spiro atoms. The van der Waals surface area contributed by atoms with Gasteiger partial charge in [-0.3, -0.25) is 0 Å². The van der Waals surface area contributed by atoms with Crippen molar-refractivity contribution in [2.24, 2.45) is 7.05 Å². The van der Waals surface area contributed by atoms with Crippen molar-refractivity contribution in [1.29, 1.82) is 4.78 Å². The number of aromatic nitrogens is 1. The van der Waals surface area contributed by atoms with Gasteiger partial charge in [-0.25, -0.2) is 22.5 Å². The first-order valence-corrected chi connectivity index (χ1v) is 10.7. The Morgan fingerprint density at radius 1 is 1.20 bits per heavy atom. The van der Waals surface area contributed by atoms with Crippen molar-refractivity contribution in [1.82, 2.24) is 9.29 Å². The highest BCUT2D eigenvalue weighted by atomic mass is 32.2. The van der Waals surface area contributed by atoms with Gasteiger partial charge >= 0.3 is 0 Å². The molecule has 30 heavy (non-hydrogen) atoms. The van der Waals surface area contributed by atoms with E-state index in [0.29, 0.717) is 11.3 Å². The number of aliphatic hydroxyl groups excluding tert-OH is 1. The second kappa shape index (κ2) is 7.67. The Hall–Kier alpha value is -3.01. The molecule has 0 saturated carbocycles. The van der Waals surface area contributed by atoms with Crippen molar-refractivity contribution in [3.8, 4) is 0 Å². The lowest BCUT2D eigenvalue weighted by Crippen LogP contribution is -2.25. The minimum atomic E-state index is -3.38. The molecular formula is C21H20F2N4O2S. The zero-order valence-corrected chi connectivity index (χ0v) is 16.8. The minimum Gasteiger partial charge on any atom is -0.368 e. The molecule has 1 aromatic heterocycles. The van der Waals surface area contributed by atoms with Crippen LogP contribution >= 0.6 is 0 Å². The molecule has 0 saturated heterocycles. The van der Waals surface area contributed by atoms with Gasteiger partial charge in [-0.15, -0.1) is 0 Å². The molecule has 9 heteroatoms. The summed E-state index contributed by atoms with van der Waals surface area (Å²) in [6.45, 7) is 0. The summed E-state index contributed by atoms with van der Waals surface area (Å²) in [4.78, 5) is 0.237. The van der Waals surface area contributed by atoms with Crippen LogP contribution in [0, 0.1) is 16.4 Å². The summed E-state index contributed by atoms with van der Waals surface area (Å²) >= 11 is 0. The zero-order valence-electron chi connectivity index (χ0n) is 16.0. The first-order valence-electron chi connectivity index (χ1n) is 9.14. The molecule has 1 aliphatic heterocycles. The molecule has 156 valence electrons. The highest BCUT2D eigenvalue weighted by Gasteiger charge is 2.28. The van der Waals surface area contributed by atoms with Gasteiger partial charge in [0.05, 0.1) is 16.6 Å². The van der Waals surface area contributed by atoms with E-state index in [2.05, 4.69) is 10.0 Å². The average Bonchev–Trinajstić information content (AvgIpc) is 2.99. The Labute approximate surface area is 173 Å². The summed E-state index contributed by atoms with van der Waals surface area (Å²) in [7, 11) is -1.73. The number of hydrogen-bond donors (Lipinski definition) is 4. The smallest absolute Gasteiger partial charge is 0.166 e. The van der Waals surface area contributed by atoms with Crippen molar-refractivity contribution in [3.05, 3.63) is 89.3 Å². The summed E-state index contributed by atoms with van der Waals surface area (Å²) in [5.74, 6) is -2.03. The molecule has 1 aliphatic rings. The van der Waals surface area contributed by atoms with E-state index < -0.39 is 33.8 Å². The predicted octanol–water partition coefficient (Wildman–Crippen LogP) is 4.08. The second-order valence-corrected chi connectivity index (χ2v) is 8.79. The van der Waals surface area contributed by atoms with Gasteiger partial charge in [0.1, 0.15) is 9.92 Å². The number of fused-ring (bicyclic) bond motifs is 1. The summed E-state index contributed by atoms with van der Waals surface area (Å²) in [6.07, 6.45) is 3.72. The van der Waals surface area contributed by atoms with Crippen LogP contribution in [-0.2, 0) is 17.0 Å². The first-order chi connectivity index (χ1) is 14.3. The number of hydrogen-bond acceptors (Lipinski definition) is 4. The van der Waals surface area contributed by atoms with Crippen molar-refractivity contribution in [2.75, 3.05) is 5.32 Å². The maximum atomic E-state index is 13.5. The summed E-state index contributed by atoms with van der Waals surface area (Å²) in [5.41, 5.74) is 1.82. The third kappa shape index (κ3) is 3.74. The van der Waals surface area contributed by atoms with E-state index in [0.717, 1.165) is 17.7 Å². The lowest BCUT2D eigenvalue weighted by atomic mass is 10.1. The number of nitrogens with one attached hydrogen (secondary N) is 3. The SMILES string of the molecule is Cn1cc2c(c1C(O)Nc1ccc(F)c(F)c1)C=C[C@@H](c1ccccc1)NS2(=N)=O. The summed E-state index contributed by atoms with van der Waals surface area (Å²) in [5, 5.41) is 13.5. The topological polar surface area (TPSA) is 90.1 Å². The third-order valence-electron chi connectivity index (χ3n) is 4.93. The molecule has 6 nitrogen and oxygen atoms in total. The van der Waals surface area contributed by atoms with E-state index in [-0.39, 0.29) is 10.6 Å². The van der Waals surface area contributed by atoms with Crippen LogP contribution in [0.3, 0.4) is 0 Å². The number of halogens is 2. The van der Waals surface area contributed by atoms with E-state index in [1.807, 2.05) is 30.3 Å². The second-order valence-electron chi connectivity index (χ2n) is 7.00. The normalized spacial score (nSPS) is 21.7. The Morgan fingerprint density at radius 2 is 1.93 bits per heavy atom. The molecule has 3 atom stereocenters. The number of anilines is 1. The van der Waals surface area contributed by atoms with E-state index in [4.69, 9.17) is 4.78 Å². The molecule has 2 unspecified atom stereocenters. The number of nitrogens with zero attached hydrogens (tertiary/aromatic N) is 1. The quantitative estimate of drug-likeness (QED) is 0.470. The summed E-state index contributed by atoms with van der Waals surface area (Å²) in [6, 6.07) is 12.1. The number of aryl methyl sites for hydroxylation is 1. The molecule has 4 rings (SSSR count). The van der Waals surface area contributed by atoms with Crippen molar-refractivity contribution < 1.29 is 18.1 Å². The van der Waals surface area contributed by atoms with Gasteiger partial charge in [0.2, 0.25) is 0 Å². The van der Waals surface area contributed by atoms with Crippen LogP contribution in [0.1, 0.15) is 29.1 Å². The van der Waals surface area contributed by atoms with Gasteiger partial charge in [-0.05, 0) is 17.7 Å². The highest BCUT2D eigenvalue weighted by Crippen LogP contribution is 2.33. The van der Waals surface area contributed by atoms with Crippen molar-refractivity contribution in [3.63, 3.8) is 0 Å². The average molecular weight is 430 g/mol. The summed E-state index contributed by atoms with van der Waals surface area (Å²) < 4.78 is 52.7. The van der Waals surface area contributed by atoms with Gasteiger partial charge in [0.25, 0.3) is 0 Å². The molecule has 0 fully saturated rings. The number of rotatable bonds is 4. The van der Waals surface area contributed by atoms with Crippen molar-refractivity contribution in [2.45, 2.75) is 17.2 Å². The Kier molecular flexibility index (Phi) is 5.19. The van der Waals surface area contributed by atoms with Crippen LogP contribution in [-0.4, -0.2) is 13.9 Å². The molecular weight excluding hydrogens is 410 g/mol. The maximum Gasteiger partial charge on any atom is 0.166 e. The number of aliphatic hydroxyl groups is 1. The van der Waals surface area contributed by atoms with Gasteiger partial charge in [0, 0.05) is 30.6 Å². The van der Waals surface area contributed by atoms with Crippen LogP contribution in [0.4, 0.5) is 14.5 Å². The molecule has 0 aliphatic carbocycles. The zero-order chi connectivity index (χ0) is 21.5. The lowest BCUT2D eigenvalue weighted by molar-refractivity contribution is 0.199. The van der Waals surface area contributed by atoms with E-state index in [1.165, 1.54) is 12.3 Å². The largest absolute Gasteiger partial charge is 0.368 e. The van der Waals surface area contributed by atoms with E-state index in [1.54, 1.807) is 23.8 Å². The Balaban J connectivity index is 1.72. The maximum absolute atomic E-state index is 13.5. The predicted molar refractivity (Wildman–Crippen MR) is 111 cm³/mol. The fourth-order valence-corrected chi connectivity index (χ4v) is 4.98. The molecule has 4 N–H and O–H groups in total. The monoisotopic (exact) mass is 430 g/mol. The van der Waals surface area contributed by atoms with Crippen LogP contribution in [0.15, 0.2) is 65.7 Å². The molecule has 0 radical (unpaired) electrons. The van der Waals surface area contributed by atoms with Gasteiger partial charge in [-0.2, -0.15) is 0 Å². The van der Waals surface area contributed by atoms with Gasteiger partial charge < -0.3 is 15.0 Å². The molecule has 3 aromatic rings. The lowest BCUT2D eigenvalue weighted by Gasteiger charge is -2.17.